The molecule has 8 heteroatoms. The van der Waals surface area contributed by atoms with Crippen LogP contribution in [0.15, 0.2) is 6.20 Å². The van der Waals surface area contributed by atoms with Gasteiger partial charge in [0.1, 0.15) is 5.01 Å². The SMILES string of the molecule is CCc1cnc(CN(C)C(=O)NC2CC(N(CC)CC(=O)O)C2)s1. The molecule has 1 aromatic rings. The van der Waals surface area contributed by atoms with Gasteiger partial charge in [0.05, 0.1) is 13.1 Å². The Morgan fingerprint density at radius 3 is 2.67 bits per heavy atom. The molecule has 1 fully saturated rings. The Hall–Kier alpha value is -1.67. The lowest BCUT2D eigenvalue weighted by atomic mass is 9.85. The molecule has 2 amide bonds. The number of carboxylic acids is 1. The van der Waals surface area contributed by atoms with Crippen molar-refractivity contribution in [2.75, 3.05) is 20.1 Å². The molecule has 0 unspecified atom stereocenters. The monoisotopic (exact) mass is 354 g/mol. The van der Waals surface area contributed by atoms with E-state index < -0.39 is 5.97 Å². The van der Waals surface area contributed by atoms with Gasteiger partial charge in [-0.15, -0.1) is 11.3 Å². The first kappa shape index (κ1) is 18.7. The van der Waals surface area contributed by atoms with Crippen molar-refractivity contribution in [3.8, 4) is 0 Å². The van der Waals surface area contributed by atoms with Crippen LogP contribution < -0.4 is 5.32 Å². The second kappa shape index (κ2) is 8.43. The topological polar surface area (TPSA) is 85.8 Å². The molecule has 1 saturated carbocycles. The fraction of sp³-hybridized carbons (Fsp3) is 0.688. The molecule has 0 aliphatic heterocycles. The van der Waals surface area contributed by atoms with E-state index in [9.17, 15) is 9.59 Å². The minimum Gasteiger partial charge on any atom is -0.480 e. The highest BCUT2D eigenvalue weighted by Crippen LogP contribution is 2.25. The van der Waals surface area contributed by atoms with Crippen molar-refractivity contribution in [3.63, 3.8) is 0 Å². The van der Waals surface area contributed by atoms with E-state index >= 15 is 0 Å². The summed E-state index contributed by atoms with van der Waals surface area (Å²) in [4.78, 5) is 32.2. The maximum atomic E-state index is 12.2. The number of carbonyl (C=O) groups is 2. The first-order chi connectivity index (χ1) is 11.4. The van der Waals surface area contributed by atoms with Gasteiger partial charge in [0, 0.05) is 30.2 Å². The minimum atomic E-state index is -0.807. The van der Waals surface area contributed by atoms with Crippen LogP contribution in [0.5, 0.6) is 0 Å². The Morgan fingerprint density at radius 1 is 1.42 bits per heavy atom. The summed E-state index contributed by atoms with van der Waals surface area (Å²) in [5.74, 6) is -0.807. The molecule has 0 spiro atoms. The van der Waals surface area contributed by atoms with E-state index in [0.717, 1.165) is 24.3 Å². The zero-order chi connectivity index (χ0) is 17.7. The van der Waals surface area contributed by atoms with Crippen LogP contribution in [0.25, 0.3) is 0 Å². The average molecular weight is 354 g/mol. The minimum absolute atomic E-state index is 0.0611. The first-order valence-electron chi connectivity index (χ1n) is 8.33. The number of hydrogen-bond acceptors (Lipinski definition) is 5. The molecule has 1 aliphatic rings. The Kier molecular flexibility index (Phi) is 6.56. The highest BCUT2D eigenvalue weighted by atomic mass is 32.1. The number of amides is 2. The maximum Gasteiger partial charge on any atom is 0.317 e. The quantitative estimate of drug-likeness (QED) is 0.743. The highest BCUT2D eigenvalue weighted by molar-refractivity contribution is 7.11. The van der Waals surface area contributed by atoms with Crippen molar-refractivity contribution in [2.45, 2.75) is 51.7 Å². The number of carbonyl (C=O) groups excluding carboxylic acids is 1. The van der Waals surface area contributed by atoms with Crippen LogP contribution in [0.4, 0.5) is 4.79 Å². The Morgan fingerprint density at radius 2 is 2.12 bits per heavy atom. The van der Waals surface area contributed by atoms with Gasteiger partial charge in [-0.2, -0.15) is 0 Å². The fourth-order valence-corrected chi connectivity index (χ4v) is 3.74. The summed E-state index contributed by atoms with van der Waals surface area (Å²) in [7, 11) is 1.77. The van der Waals surface area contributed by atoms with Crippen molar-refractivity contribution in [2.24, 2.45) is 0 Å². The number of aliphatic carboxylic acids is 1. The van der Waals surface area contributed by atoms with Crippen molar-refractivity contribution < 1.29 is 14.7 Å². The van der Waals surface area contributed by atoms with E-state index in [1.807, 2.05) is 18.0 Å². The van der Waals surface area contributed by atoms with Crippen LogP contribution in [0.3, 0.4) is 0 Å². The molecule has 2 rings (SSSR count). The average Bonchev–Trinajstić information content (AvgIpc) is 2.95. The summed E-state index contributed by atoms with van der Waals surface area (Å²) in [5.41, 5.74) is 0. The first-order valence-corrected chi connectivity index (χ1v) is 9.15. The lowest BCUT2D eigenvalue weighted by molar-refractivity contribution is -0.139. The number of aryl methyl sites for hydroxylation is 1. The summed E-state index contributed by atoms with van der Waals surface area (Å²) >= 11 is 1.64. The molecule has 0 saturated heterocycles. The number of likely N-dealkylation sites (N-methyl/N-ethyl adjacent to an activating group) is 1. The molecule has 0 bridgehead atoms. The highest BCUT2D eigenvalue weighted by Gasteiger charge is 2.35. The molecule has 2 N–H and O–H groups in total. The van der Waals surface area contributed by atoms with Gasteiger partial charge in [-0.3, -0.25) is 9.69 Å². The smallest absolute Gasteiger partial charge is 0.317 e. The van der Waals surface area contributed by atoms with Crippen LogP contribution in [0.1, 0.15) is 36.6 Å². The summed E-state index contributed by atoms with van der Waals surface area (Å²) in [6.07, 6.45) is 4.43. The second-order valence-electron chi connectivity index (χ2n) is 6.16. The number of thiazole rings is 1. The molecule has 1 aliphatic carbocycles. The Labute approximate surface area is 146 Å². The molecule has 0 atom stereocenters. The third kappa shape index (κ3) is 4.91. The molecule has 24 heavy (non-hydrogen) atoms. The van der Waals surface area contributed by atoms with Crippen LogP contribution >= 0.6 is 11.3 Å². The third-order valence-corrected chi connectivity index (χ3v) is 5.50. The molecule has 1 heterocycles. The van der Waals surface area contributed by atoms with Crippen LogP contribution in [-0.4, -0.2) is 64.1 Å². The van der Waals surface area contributed by atoms with Gasteiger partial charge in [-0.25, -0.2) is 9.78 Å². The lowest BCUT2D eigenvalue weighted by Crippen LogP contribution is -2.56. The van der Waals surface area contributed by atoms with Gasteiger partial charge in [0.15, 0.2) is 0 Å². The summed E-state index contributed by atoms with van der Waals surface area (Å²) in [6, 6.07) is 0.260. The number of nitrogens with one attached hydrogen (secondary N) is 1. The number of hydrogen-bond donors (Lipinski definition) is 2. The summed E-state index contributed by atoms with van der Waals surface area (Å²) in [5, 5.41) is 12.9. The molecule has 134 valence electrons. The Bertz CT molecular complexity index is 571. The molecule has 0 aromatic carbocycles. The lowest BCUT2D eigenvalue weighted by Gasteiger charge is -2.42. The summed E-state index contributed by atoms with van der Waals surface area (Å²) < 4.78 is 0. The second-order valence-corrected chi connectivity index (χ2v) is 7.36. The van der Waals surface area contributed by atoms with Gasteiger partial charge in [0.2, 0.25) is 0 Å². The molecule has 7 nitrogen and oxygen atoms in total. The van der Waals surface area contributed by atoms with Gasteiger partial charge in [-0.05, 0) is 25.8 Å². The zero-order valence-corrected chi connectivity index (χ0v) is 15.3. The predicted octanol–water partition coefficient (Wildman–Crippen LogP) is 1.78. The van der Waals surface area contributed by atoms with Crippen molar-refractivity contribution in [1.82, 2.24) is 20.1 Å². The molecular formula is C16H26N4O3S. The van der Waals surface area contributed by atoms with E-state index in [0.29, 0.717) is 13.1 Å². The van der Waals surface area contributed by atoms with Crippen LogP contribution in [0.2, 0.25) is 0 Å². The number of carboxylic acid groups (broad SMARTS) is 1. The van der Waals surface area contributed by atoms with Gasteiger partial charge in [0.25, 0.3) is 0 Å². The molecular weight excluding hydrogens is 328 g/mol. The van der Waals surface area contributed by atoms with E-state index in [-0.39, 0.29) is 24.7 Å². The normalized spacial score (nSPS) is 19.8. The largest absolute Gasteiger partial charge is 0.480 e. The molecule has 1 aromatic heterocycles. The van der Waals surface area contributed by atoms with Crippen molar-refractivity contribution in [3.05, 3.63) is 16.1 Å². The van der Waals surface area contributed by atoms with Gasteiger partial charge in [-0.1, -0.05) is 13.8 Å². The van der Waals surface area contributed by atoms with E-state index in [4.69, 9.17) is 5.11 Å². The third-order valence-electron chi connectivity index (χ3n) is 4.37. The Balaban J connectivity index is 1.74. The van der Waals surface area contributed by atoms with Gasteiger partial charge >= 0.3 is 12.0 Å². The molecule has 0 radical (unpaired) electrons. The predicted molar refractivity (Wildman–Crippen MR) is 93.2 cm³/mol. The van der Waals surface area contributed by atoms with Gasteiger partial charge < -0.3 is 15.3 Å². The number of aromatic nitrogens is 1. The number of nitrogens with zero attached hydrogens (tertiary/aromatic N) is 3. The van der Waals surface area contributed by atoms with E-state index in [1.165, 1.54) is 4.88 Å². The van der Waals surface area contributed by atoms with Crippen LogP contribution in [0, 0.1) is 0 Å². The zero-order valence-electron chi connectivity index (χ0n) is 14.5. The standard InChI is InChI=1S/C16H26N4O3S/c1-4-13-8-17-14(24-13)9-19(3)16(23)18-11-6-12(7-11)20(5-2)10-15(21)22/h8,11-12H,4-7,9-10H2,1-3H3,(H,18,23)(H,21,22). The fourth-order valence-electron chi connectivity index (χ4n) is 2.82. The van der Waals surface area contributed by atoms with Crippen molar-refractivity contribution >= 4 is 23.3 Å². The van der Waals surface area contributed by atoms with Crippen molar-refractivity contribution in [1.29, 1.82) is 0 Å². The summed E-state index contributed by atoms with van der Waals surface area (Å²) in [6.45, 7) is 5.32. The van der Waals surface area contributed by atoms with E-state index in [2.05, 4.69) is 17.2 Å². The van der Waals surface area contributed by atoms with E-state index in [1.54, 1.807) is 23.3 Å². The number of urea groups is 1. The number of rotatable bonds is 8. The van der Waals surface area contributed by atoms with Crippen LogP contribution in [-0.2, 0) is 17.8 Å². The maximum absolute atomic E-state index is 12.2.